The highest BCUT2D eigenvalue weighted by Gasteiger charge is 2.27. The van der Waals surface area contributed by atoms with Crippen LogP contribution in [-0.2, 0) is 22.0 Å². The van der Waals surface area contributed by atoms with Gasteiger partial charge in [-0.1, -0.05) is 51.1 Å². The fourth-order valence-corrected chi connectivity index (χ4v) is 3.19. The van der Waals surface area contributed by atoms with Gasteiger partial charge in [-0.15, -0.1) is 11.3 Å². The smallest absolute Gasteiger partial charge is 0.131 e. The second kappa shape index (κ2) is 5.53. The van der Waals surface area contributed by atoms with Crippen molar-refractivity contribution in [1.29, 1.82) is 0 Å². The molecule has 2 rings (SSSR count). The van der Waals surface area contributed by atoms with E-state index in [4.69, 9.17) is 0 Å². The molecule has 0 fully saturated rings. The van der Waals surface area contributed by atoms with Gasteiger partial charge in [-0.2, -0.15) is 0 Å². The Bertz CT molecular complexity index is 560. The molecule has 0 radical (unpaired) electrons. The first kappa shape index (κ1) is 15.0. The fourth-order valence-electron chi connectivity index (χ4n) is 2.34. The Kier molecular flexibility index (Phi) is 4.14. The van der Waals surface area contributed by atoms with E-state index in [2.05, 4.69) is 45.0 Å². The lowest BCUT2D eigenvalue weighted by atomic mass is 9.82. The lowest BCUT2D eigenvalue weighted by Gasteiger charge is -2.23. The number of hydrogen-bond donors (Lipinski definition) is 0. The molecule has 0 aliphatic heterocycles. The number of carbonyl (C=O) groups is 1. The highest BCUT2D eigenvalue weighted by atomic mass is 32.1. The third-order valence-corrected chi connectivity index (χ3v) is 4.89. The zero-order valence-electron chi connectivity index (χ0n) is 12.6. The van der Waals surface area contributed by atoms with Gasteiger partial charge in [0.25, 0.3) is 0 Å². The van der Waals surface area contributed by atoms with Crippen molar-refractivity contribution in [1.82, 2.24) is 0 Å². The van der Waals surface area contributed by atoms with Crippen LogP contribution in [0.5, 0.6) is 0 Å². The van der Waals surface area contributed by atoms with Crippen molar-refractivity contribution in [2.75, 3.05) is 0 Å². The van der Waals surface area contributed by atoms with Crippen molar-refractivity contribution in [3.63, 3.8) is 0 Å². The summed E-state index contributed by atoms with van der Waals surface area (Å²) in [4.78, 5) is 12.7. The molecule has 106 valence electrons. The summed E-state index contributed by atoms with van der Waals surface area (Å²) in [6.07, 6.45) is 1.83. The van der Waals surface area contributed by atoms with Gasteiger partial charge < -0.3 is 4.79 Å². The van der Waals surface area contributed by atoms with Gasteiger partial charge in [0.15, 0.2) is 0 Å². The molecule has 0 saturated carbocycles. The van der Waals surface area contributed by atoms with Crippen molar-refractivity contribution >= 4 is 17.6 Å². The third kappa shape index (κ3) is 3.18. The Hall–Kier alpha value is -1.41. The van der Waals surface area contributed by atoms with E-state index < -0.39 is 5.41 Å². The van der Waals surface area contributed by atoms with Crippen LogP contribution in [-0.4, -0.2) is 6.29 Å². The van der Waals surface area contributed by atoms with Crippen LogP contribution < -0.4 is 0 Å². The van der Waals surface area contributed by atoms with Crippen molar-refractivity contribution < 1.29 is 4.79 Å². The van der Waals surface area contributed by atoms with E-state index in [1.807, 2.05) is 24.4 Å². The highest BCUT2D eigenvalue weighted by molar-refractivity contribution is 7.10. The predicted molar refractivity (Wildman–Crippen MR) is 86.6 cm³/mol. The van der Waals surface area contributed by atoms with Crippen molar-refractivity contribution in [3.05, 3.63) is 57.8 Å². The van der Waals surface area contributed by atoms with Gasteiger partial charge in [0.2, 0.25) is 0 Å². The zero-order chi connectivity index (χ0) is 14.8. The molecular formula is C18H22OS. The van der Waals surface area contributed by atoms with Crippen LogP contribution in [0.15, 0.2) is 41.8 Å². The maximum absolute atomic E-state index is 11.6. The molecule has 1 atom stereocenters. The summed E-state index contributed by atoms with van der Waals surface area (Å²) in [5, 5.41) is 2.03. The fraction of sp³-hybridized carbons (Fsp3) is 0.389. The molecule has 0 bridgehead atoms. The second-order valence-corrected chi connectivity index (χ2v) is 7.58. The van der Waals surface area contributed by atoms with Crippen LogP contribution in [0.4, 0.5) is 0 Å². The van der Waals surface area contributed by atoms with E-state index in [1.165, 1.54) is 11.1 Å². The van der Waals surface area contributed by atoms with Crippen LogP contribution >= 0.6 is 11.3 Å². The number of carbonyl (C=O) groups excluding carboxylic acids is 1. The van der Waals surface area contributed by atoms with Crippen LogP contribution in [0.25, 0.3) is 0 Å². The number of thiophene rings is 1. The number of hydrogen-bond acceptors (Lipinski definition) is 2. The molecule has 1 aromatic carbocycles. The minimum Gasteiger partial charge on any atom is -0.302 e. The molecule has 0 spiro atoms. The zero-order valence-corrected chi connectivity index (χ0v) is 13.5. The Morgan fingerprint density at radius 3 is 2.15 bits per heavy atom. The maximum Gasteiger partial charge on any atom is 0.131 e. The van der Waals surface area contributed by atoms with Crippen molar-refractivity contribution in [2.45, 2.75) is 44.9 Å². The number of aldehydes is 1. The van der Waals surface area contributed by atoms with E-state index in [0.717, 1.165) is 17.6 Å². The molecule has 1 unspecified atom stereocenters. The summed E-state index contributed by atoms with van der Waals surface area (Å²) < 4.78 is 0. The molecule has 0 saturated heterocycles. The van der Waals surface area contributed by atoms with Gasteiger partial charge in [-0.05, 0) is 41.3 Å². The quantitative estimate of drug-likeness (QED) is 0.742. The first-order valence-corrected chi connectivity index (χ1v) is 7.83. The summed E-state index contributed by atoms with van der Waals surface area (Å²) in [5.74, 6) is 0. The molecule has 20 heavy (non-hydrogen) atoms. The standard InChI is InChI=1S/C18H22OS/c1-17(2,3)15-9-7-14(8-10-15)12-18(4,13-19)16-6-5-11-20-16/h5-11,13H,12H2,1-4H3. The highest BCUT2D eigenvalue weighted by Crippen LogP contribution is 2.30. The molecule has 0 aliphatic rings. The Labute approximate surface area is 125 Å². The molecular weight excluding hydrogens is 264 g/mol. The minimum atomic E-state index is -0.419. The van der Waals surface area contributed by atoms with E-state index in [-0.39, 0.29) is 5.41 Å². The molecule has 0 N–H and O–H groups in total. The van der Waals surface area contributed by atoms with Gasteiger partial charge in [-0.3, -0.25) is 0 Å². The maximum atomic E-state index is 11.6. The van der Waals surface area contributed by atoms with Gasteiger partial charge in [0, 0.05) is 4.88 Å². The van der Waals surface area contributed by atoms with Gasteiger partial charge in [0.1, 0.15) is 6.29 Å². The minimum absolute atomic E-state index is 0.167. The predicted octanol–water partition coefficient (Wildman–Crippen LogP) is 4.74. The number of rotatable bonds is 4. The second-order valence-electron chi connectivity index (χ2n) is 6.64. The molecule has 1 aromatic heterocycles. The third-order valence-electron chi connectivity index (χ3n) is 3.74. The largest absolute Gasteiger partial charge is 0.302 e. The van der Waals surface area contributed by atoms with E-state index in [1.54, 1.807) is 11.3 Å². The van der Waals surface area contributed by atoms with Gasteiger partial charge in [-0.25, -0.2) is 0 Å². The van der Waals surface area contributed by atoms with E-state index >= 15 is 0 Å². The summed E-state index contributed by atoms with van der Waals surface area (Å²) in [6.45, 7) is 8.65. The molecule has 0 amide bonds. The monoisotopic (exact) mass is 286 g/mol. The van der Waals surface area contributed by atoms with Crippen LogP contribution in [0.3, 0.4) is 0 Å². The first-order chi connectivity index (χ1) is 9.35. The van der Waals surface area contributed by atoms with Gasteiger partial charge in [0.05, 0.1) is 5.41 Å². The molecule has 1 nitrogen and oxygen atoms in total. The van der Waals surface area contributed by atoms with Gasteiger partial charge >= 0.3 is 0 Å². The lowest BCUT2D eigenvalue weighted by molar-refractivity contribution is -0.112. The molecule has 2 heteroatoms. The molecule has 0 aliphatic carbocycles. The molecule has 1 heterocycles. The summed E-state index contributed by atoms with van der Waals surface area (Å²) in [5.41, 5.74) is 2.28. The molecule has 2 aromatic rings. The van der Waals surface area contributed by atoms with Crippen LogP contribution in [0.2, 0.25) is 0 Å². The summed E-state index contributed by atoms with van der Waals surface area (Å²) in [6, 6.07) is 12.7. The Balaban J connectivity index is 2.23. The lowest BCUT2D eigenvalue weighted by Crippen LogP contribution is -2.25. The average Bonchev–Trinajstić information content (AvgIpc) is 2.92. The van der Waals surface area contributed by atoms with Crippen LogP contribution in [0.1, 0.15) is 43.7 Å². The summed E-state index contributed by atoms with van der Waals surface area (Å²) in [7, 11) is 0. The van der Waals surface area contributed by atoms with Crippen LogP contribution in [0, 0.1) is 0 Å². The Morgan fingerprint density at radius 1 is 1.05 bits per heavy atom. The van der Waals surface area contributed by atoms with Crippen molar-refractivity contribution in [3.8, 4) is 0 Å². The first-order valence-electron chi connectivity index (χ1n) is 6.95. The SMILES string of the molecule is CC(C)(C)c1ccc(CC(C)(C=O)c2cccs2)cc1. The number of benzene rings is 1. The van der Waals surface area contributed by atoms with E-state index in [9.17, 15) is 4.79 Å². The van der Waals surface area contributed by atoms with Crippen molar-refractivity contribution in [2.24, 2.45) is 0 Å². The normalized spacial score (nSPS) is 14.8. The average molecular weight is 286 g/mol. The summed E-state index contributed by atoms with van der Waals surface area (Å²) >= 11 is 1.65. The van der Waals surface area contributed by atoms with E-state index in [0.29, 0.717) is 0 Å². The Morgan fingerprint density at radius 2 is 1.70 bits per heavy atom. The topological polar surface area (TPSA) is 17.1 Å².